The summed E-state index contributed by atoms with van der Waals surface area (Å²) < 4.78 is 4.96. The van der Waals surface area contributed by atoms with Crippen LogP contribution in [0.4, 0.5) is 0 Å². The van der Waals surface area contributed by atoms with Gasteiger partial charge >= 0.3 is 5.97 Å². The van der Waals surface area contributed by atoms with E-state index in [9.17, 15) is 9.59 Å². The van der Waals surface area contributed by atoms with Gasteiger partial charge in [-0.1, -0.05) is 38.1 Å². The van der Waals surface area contributed by atoms with Gasteiger partial charge in [0.25, 0.3) is 5.91 Å². The number of nitrogens with one attached hydrogen (secondary N) is 1. The number of nitrogens with zero attached hydrogens (tertiary/aromatic N) is 1. The van der Waals surface area contributed by atoms with Crippen molar-refractivity contribution in [3.63, 3.8) is 0 Å². The van der Waals surface area contributed by atoms with Gasteiger partial charge in [0.1, 0.15) is 0 Å². The van der Waals surface area contributed by atoms with E-state index in [4.69, 9.17) is 4.74 Å². The van der Waals surface area contributed by atoms with E-state index >= 15 is 0 Å². The number of para-hydroxylation sites is 1. The molecule has 1 N–H and O–H groups in total. The van der Waals surface area contributed by atoms with E-state index in [2.05, 4.69) is 10.3 Å². The van der Waals surface area contributed by atoms with Crippen LogP contribution in [0, 0.1) is 5.92 Å². The molecule has 0 unspecified atom stereocenters. The molecule has 1 aromatic heterocycles. The van der Waals surface area contributed by atoms with Crippen LogP contribution in [-0.4, -0.2) is 29.5 Å². The van der Waals surface area contributed by atoms with Gasteiger partial charge in [0.05, 0.1) is 5.52 Å². The molecule has 0 aliphatic rings. The standard InChI is InChI=1S/C19H22N2O3/c1-13(2)14(3)21-17(22)12-24-18(23)10-9-16-7-4-6-15-8-5-11-20-19(15)16/h4-11,13-14H,12H2,1-3H3,(H,21,22)/b10-9-/t14-/m1/s1. The Kier molecular flexibility index (Phi) is 6.07. The second-order valence-electron chi connectivity index (χ2n) is 5.96. The Morgan fingerprint density at radius 2 is 1.96 bits per heavy atom. The largest absolute Gasteiger partial charge is 0.452 e. The van der Waals surface area contributed by atoms with Gasteiger partial charge in [-0.15, -0.1) is 0 Å². The summed E-state index contributed by atoms with van der Waals surface area (Å²) in [7, 11) is 0. The van der Waals surface area contributed by atoms with E-state index in [0.717, 1.165) is 16.5 Å². The molecule has 5 heteroatoms. The SMILES string of the molecule is CC(C)[C@@H](C)NC(=O)COC(=O)/C=C\c1cccc2cccnc12. The highest BCUT2D eigenvalue weighted by Gasteiger charge is 2.11. The number of ether oxygens (including phenoxy) is 1. The Labute approximate surface area is 141 Å². The molecule has 1 aromatic carbocycles. The number of carbonyl (C=O) groups excluding carboxylic acids is 2. The maximum atomic E-state index is 11.8. The summed E-state index contributed by atoms with van der Waals surface area (Å²) in [6, 6.07) is 9.58. The van der Waals surface area contributed by atoms with Gasteiger partial charge in [0.15, 0.2) is 6.61 Å². The average molecular weight is 326 g/mol. The van der Waals surface area contributed by atoms with E-state index in [1.54, 1.807) is 12.3 Å². The van der Waals surface area contributed by atoms with Gasteiger partial charge in [-0.05, 0) is 25.0 Å². The Bertz CT molecular complexity index is 748. The lowest BCUT2D eigenvalue weighted by Gasteiger charge is -2.16. The van der Waals surface area contributed by atoms with Crippen LogP contribution in [0.5, 0.6) is 0 Å². The lowest BCUT2D eigenvalue weighted by molar-refractivity contribution is -0.144. The molecule has 1 atom stereocenters. The molecule has 0 bridgehead atoms. The highest BCUT2D eigenvalue weighted by Crippen LogP contribution is 2.17. The van der Waals surface area contributed by atoms with Gasteiger partial charge in [-0.25, -0.2) is 4.79 Å². The minimum absolute atomic E-state index is 0.0356. The van der Waals surface area contributed by atoms with E-state index in [0.29, 0.717) is 5.92 Å². The number of aromatic nitrogens is 1. The zero-order chi connectivity index (χ0) is 17.5. The topological polar surface area (TPSA) is 68.3 Å². The monoisotopic (exact) mass is 326 g/mol. The summed E-state index contributed by atoms with van der Waals surface area (Å²) in [5, 5.41) is 3.78. The Morgan fingerprint density at radius 3 is 2.71 bits per heavy atom. The minimum atomic E-state index is -0.560. The van der Waals surface area contributed by atoms with Gasteiger partial charge in [0.2, 0.25) is 0 Å². The fourth-order valence-corrected chi connectivity index (χ4v) is 2.07. The van der Waals surface area contributed by atoms with Crippen molar-refractivity contribution in [3.8, 4) is 0 Å². The third-order valence-electron chi connectivity index (χ3n) is 3.80. The molecule has 0 saturated heterocycles. The van der Waals surface area contributed by atoms with Crippen molar-refractivity contribution in [3.05, 3.63) is 48.2 Å². The normalized spacial score (nSPS) is 12.5. The Hall–Kier alpha value is -2.69. The number of benzene rings is 1. The third-order valence-corrected chi connectivity index (χ3v) is 3.80. The minimum Gasteiger partial charge on any atom is -0.452 e. The zero-order valence-electron chi connectivity index (χ0n) is 14.2. The van der Waals surface area contributed by atoms with Crippen LogP contribution in [-0.2, 0) is 14.3 Å². The predicted molar refractivity (Wildman–Crippen MR) is 94.2 cm³/mol. The lowest BCUT2D eigenvalue weighted by Crippen LogP contribution is -2.38. The molecule has 126 valence electrons. The van der Waals surface area contributed by atoms with Gasteiger partial charge < -0.3 is 10.1 Å². The average Bonchev–Trinajstić information content (AvgIpc) is 2.57. The molecule has 0 saturated carbocycles. The molecule has 0 spiro atoms. The smallest absolute Gasteiger partial charge is 0.331 e. The molecular formula is C19H22N2O3. The molecule has 0 aliphatic heterocycles. The quantitative estimate of drug-likeness (QED) is 0.654. The molecule has 5 nitrogen and oxygen atoms in total. The maximum absolute atomic E-state index is 11.8. The number of hydrogen-bond acceptors (Lipinski definition) is 4. The predicted octanol–water partition coefficient (Wildman–Crippen LogP) is 2.95. The fourth-order valence-electron chi connectivity index (χ4n) is 2.07. The molecule has 1 heterocycles. The van der Waals surface area contributed by atoms with E-state index in [1.165, 1.54) is 6.08 Å². The van der Waals surface area contributed by atoms with E-state index in [-0.39, 0.29) is 18.6 Å². The van der Waals surface area contributed by atoms with E-state index in [1.807, 2.05) is 51.1 Å². The van der Waals surface area contributed by atoms with Gasteiger partial charge in [-0.2, -0.15) is 0 Å². The van der Waals surface area contributed by atoms with Crippen LogP contribution in [0.25, 0.3) is 17.0 Å². The molecule has 0 radical (unpaired) electrons. The van der Waals surface area contributed by atoms with Crippen LogP contribution in [0.2, 0.25) is 0 Å². The summed E-state index contributed by atoms with van der Waals surface area (Å²) >= 11 is 0. The van der Waals surface area contributed by atoms with Crippen molar-refractivity contribution in [2.45, 2.75) is 26.8 Å². The molecule has 2 aromatic rings. The second kappa shape index (κ2) is 8.24. The highest BCUT2D eigenvalue weighted by atomic mass is 16.5. The molecule has 0 fully saturated rings. The number of carbonyl (C=O) groups is 2. The van der Waals surface area contributed by atoms with Gasteiger partial charge in [-0.3, -0.25) is 9.78 Å². The number of esters is 1. The first-order valence-electron chi connectivity index (χ1n) is 7.95. The first-order chi connectivity index (χ1) is 11.5. The van der Waals surface area contributed by atoms with Crippen LogP contribution in [0.1, 0.15) is 26.3 Å². The van der Waals surface area contributed by atoms with Crippen LogP contribution in [0.15, 0.2) is 42.6 Å². The lowest BCUT2D eigenvalue weighted by atomic mass is 10.1. The first-order valence-corrected chi connectivity index (χ1v) is 7.95. The van der Waals surface area contributed by atoms with Gasteiger partial charge in [0, 0.05) is 29.3 Å². The highest BCUT2D eigenvalue weighted by molar-refractivity contribution is 5.93. The summed E-state index contributed by atoms with van der Waals surface area (Å²) in [6.07, 6.45) is 4.66. The van der Waals surface area contributed by atoms with Crippen molar-refractivity contribution in [1.82, 2.24) is 10.3 Å². The number of amides is 1. The maximum Gasteiger partial charge on any atom is 0.331 e. The summed E-state index contributed by atoms with van der Waals surface area (Å²) in [4.78, 5) is 27.8. The molecule has 24 heavy (non-hydrogen) atoms. The number of rotatable bonds is 6. The van der Waals surface area contributed by atoms with Crippen molar-refractivity contribution in [1.29, 1.82) is 0 Å². The van der Waals surface area contributed by atoms with Crippen molar-refractivity contribution in [2.24, 2.45) is 5.92 Å². The first kappa shape index (κ1) is 17.7. The van der Waals surface area contributed by atoms with Crippen molar-refractivity contribution < 1.29 is 14.3 Å². The summed E-state index contributed by atoms with van der Waals surface area (Å²) in [5.41, 5.74) is 1.63. The van der Waals surface area contributed by atoms with Crippen LogP contribution < -0.4 is 5.32 Å². The molecule has 2 rings (SSSR count). The number of hydrogen-bond donors (Lipinski definition) is 1. The Morgan fingerprint density at radius 1 is 1.21 bits per heavy atom. The zero-order valence-corrected chi connectivity index (χ0v) is 14.2. The summed E-state index contributed by atoms with van der Waals surface area (Å²) in [5.74, 6) is -0.538. The van der Waals surface area contributed by atoms with E-state index < -0.39 is 5.97 Å². The van der Waals surface area contributed by atoms with Crippen molar-refractivity contribution >= 4 is 28.9 Å². The molecule has 1 amide bonds. The molecular weight excluding hydrogens is 304 g/mol. The molecule has 0 aliphatic carbocycles. The van der Waals surface area contributed by atoms with Crippen LogP contribution in [0.3, 0.4) is 0 Å². The summed E-state index contributed by atoms with van der Waals surface area (Å²) in [6.45, 7) is 5.65. The van der Waals surface area contributed by atoms with Crippen molar-refractivity contribution in [2.75, 3.05) is 6.61 Å². The second-order valence-corrected chi connectivity index (χ2v) is 5.96. The number of pyridine rings is 1. The number of fused-ring (bicyclic) bond motifs is 1. The fraction of sp³-hybridized carbons (Fsp3) is 0.316. The van der Waals surface area contributed by atoms with Crippen LogP contribution >= 0.6 is 0 Å². The Balaban J connectivity index is 1.92. The third kappa shape index (κ3) is 4.91.